The second kappa shape index (κ2) is 8.88. The van der Waals surface area contributed by atoms with E-state index in [0.29, 0.717) is 24.2 Å². The quantitative estimate of drug-likeness (QED) is 0.773. The van der Waals surface area contributed by atoms with Crippen LogP contribution in [0.5, 0.6) is 0 Å². The average Bonchev–Trinajstić information content (AvgIpc) is 3.18. The Kier molecular flexibility index (Phi) is 6.09. The Hall–Kier alpha value is -3.29. The first-order valence-corrected chi connectivity index (χ1v) is 8.54. The number of nitrogens with one attached hydrogen (secondary N) is 2. The van der Waals surface area contributed by atoms with Crippen LogP contribution in [-0.4, -0.2) is 35.2 Å². The number of hydrogen-bond donors (Lipinski definition) is 2. The molecule has 1 aromatic carbocycles. The van der Waals surface area contributed by atoms with Gasteiger partial charge in [0.15, 0.2) is 0 Å². The lowest BCUT2D eigenvalue weighted by atomic mass is 10.0. The van der Waals surface area contributed by atoms with Crippen molar-refractivity contribution in [2.24, 2.45) is 5.16 Å². The molecule has 2 amide bonds. The Balaban J connectivity index is 1.36. The number of rotatable bonds is 7. The number of hydrogen-bond acceptors (Lipinski definition) is 5. The smallest absolute Gasteiger partial charge is 0.264 e. The van der Waals surface area contributed by atoms with E-state index in [1.165, 1.54) is 12.1 Å². The third-order valence-electron chi connectivity index (χ3n) is 4.00. The fourth-order valence-electron chi connectivity index (χ4n) is 2.54. The van der Waals surface area contributed by atoms with Crippen LogP contribution >= 0.6 is 0 Å². The fourth-order valence-corrected chi connectivity index (χ4v) is 2.54. The van der Waals surface area contributed by atoms with Crippen molar-refractivity contribution in [2.75, 3.05) is 6.54 Å². The second-order valence-electron chi connectivity index (χ2n) is 6.02. The van der Waals surface area contributed by atoms with Crippen molar-refractivity contribution >= 4 is 17.5 Å². The molecule has 27 heavy (non-hydrogen) atoms. The highest BCUT2D eigenvalue weighted by Crippen LogP contribution is 2.17. The topological polar surface area (TPSA) is 92.7 Å². The SMILES string of the molecule is O=C(CCNC(=O)C1CC(c2ccc(F)cc2)=NO1)NCc1cccnc1. The Morgan fingerprint density at radius 1 is 1.19 bits per heavy atom. The summed E-state index contributed by atoms with van der Waals surface area (Å²) in [7, 11) is 0. The summed E-state index contributed by atoms with van der Waals surface area (Å²) in [6.07, 6.45) is 3.05. The van der Waals surface area contributed by atoms with Gasteiger partial charge in [0.1, 0.15) is 5.82 Å². The van der Waals surface area contributed by atoms with Crippen LogP contribution in [0.2, 0.25) is 0 Å². The van der Waals surface area contributed by atoms with E-state index >= 15 is 0 Å². The van der Waals surface area contributed by atoms with Gasteiger partial charge in [-0.05, 0) is 29.3 Å². The van der Waals surface area contributed by atoms with Crippen molar-refractivity contribution in [1.29, 1.82) is 0 Å². The van der Waals surface area contributed by atoms with Gasteiger partial charge in [0.25, 0.3) is 5.91 Å². The summed E-state index contributed by atoms with van der Waals surface area (Å²) >= 11 is 0. The molecule has 140 valence electrons. The minimum absolute atomic E-state index is 0.157. The maximum absolute atomic E-state index is 13.0. The zero-order valence-corrected chi connectivity index (χ0v) is 14.5. The highest BCUT2D eigenvalue weighted by atomic mass is 19.1. The van der Waals surface area contributed by atoms with E-state index in [4.69, 9.17) is 4.84 Å². The lowest BCUT2D eigenvalue weighted by molar-refractivity contribution is -0.131. The molecule has 2 N–H and O–H groups in total. The third-order valence-corrected chi connectivity index (χ3v) is 4.00. The molecule has 1 atom stereocenters. The molecule has 2 heterocycles. The molecule has 0 bridgehead atoms. The number of aromatic nitrogens is 1. The third kappa shape index (κ3) is 5.34. The van der Waals surface area contributed by atoms with Crippen LogP contribution < -0.4 is 10.6 Å². The van der Waals surface area contributed by atoms with Gasteiger partial charge >= 0.3 is 0 Å². The minimum Gasteiger partial charge on any atom is -0.382 e. The van der Waals surface area contributed by atoms with Crippen LogP contribution in [0, 0.1) is 5.82 Å². The number of benzene rings is 1. The summed E-state index contributed by atoms with van der Waals surface area (Å²) in [6.45, 7) is 0.588. The summed E-state index contributed by atoms with van der Waals surface area (Å²) < 4.78 is 13.0. The monoisotopic (exact) mass is 370 g/mol. The van der Waals surface area contributed by atoms with Gasteiger partial charge in [-0.3, -0.25) is 14.6 Å². The predicted octanol–water partition coefficient (Wildman–Crippen LogP) is 1.54. The molecule has 1 aliphatic heterocycles. The molecular weight excluding hydrogens is 351 g/mol. The van der Waals surface area contributed by atoms with Gasteiger partial charge < -0.3 is 15.5 Å². The van der Waals surface area contributed by atoms with Gasteiger partial charge in [0, 0.05) is 38.3 Å². The van der Waals surface area contributed by atoms with Gasteiger partial charge in [0.2, 0.25) is 12.0 Å². The molecule has 1 unspecified atom stereocenters. The van der Waals surface area contributed by atoms with Gasteiger partial charge in [-0.25, -0.2) is 4.39 Å². The molecule has 7 nitrogen and oxygen atoms in total. The standard InChI is InChI=1S/C19H19FN4O3/c20-15-5-3-14(4-6-15)16-10-17(27-24-16)19(26)22-9-7-18(25)23-12-13-2-1-8-21-11-13/h1-6,8,11,17H,7,9-10,12H2,(H,22,26)(H,23,25). The lowest BCUT2D eigenvalue weighted by Gasteiger charge is -2.10. The van der Waals surface area contributed by atoms with Gasteiger partial charge in [0.05, 0.1) is 5.71 Å². The maximum Gasteiger partial charge on any atom is 0.264 e. The maximum atomic E-state index is 13.0. The second-order valence-corrected chi connectivity index (χ2v) is 6.02. The van der Waals surface area contributed by atoms with E-state index in [1.807, 2.05) is 6.07 Å². The first-order chi connectivity index (χ1) is 13.1. The highest BCUT2D eigenvalue weighted by molar-refractivity contribution is 6.04. The Morgan fingerprint density at radius 3 is 2.74 bits per heavy atom. The molecule has 0 aliphatic carbocycles. The average molecular weight is 370 g/mol. The van der Waals surface area contributed by atoms with Crippen LogP contribution in [-0.2, 0) is 21.0 Å². The Labute approximate surface area is 155 Å². The van der Waals surface area contributed by atoms with E-state index in [0.717, 1.165) is 5.56 Å². The number of nitrogens with zero attached hydrogens (tertiary/aromatic N) is 2. The number of amides is 2. The van der Waals surface area contributed by atoms with Crippen molar-refractivity contribution < 1.29 is 18.8 Å². The van der Waals surface area contributed by atoms with E-state index < -0.39 is 6.10 Å². The van der Waals surface area contributed by atoms with Crippen LogP contribution in [0.1, 0.15) is 24.0 Å². The molecular formula is C19H19FN4O3. The summed E-state index contributed by atoms with van der Waals surface area (Å²) in [5, 5.41) is 9.32. The summed E-state index contributed by atoms with van der Waals surface area (Å²) in [6, 6.07) is 9.50. The molecule has 0 saturated carbocycles. The lowest BCUT2D eigenvalue weighted by Crippen LogP contribution is -2.37. The fraction of sp³-hybridized carbons (Fsp3) is 0.263. The van der Waals surface area contributed by atoms with Crippen molar-refractivity contribution in [2.45, 2.75) is 25.5 Å². The predicted molar refractivity (Wildman–Crippen MR) is 96.1 cm³/mol. The van der Waals surface area contributed by atoms with E-state index in [2.05, 4.69) is 20.8 Å². The zero-order valence-electron chi connectivity index (χ0n) is 14.5. The molecule has 0 fully saturated rings. The highest BCUT2D eigenvalue weighted by Gasteiger charge is 2.28. The molecule has 2 aromatic rings. The minimum atomic E-state index is -0.747. The van der Waals surface area contributed by atoms with Crippen molar-refractivity contribution in [3.63, 3.8) is 0 Å². The molecule has 1 aliphatic rings. The largest absolute Gasteiger partial charge is 0.382 e. The molecule has 0 saturated heterocycles. The van der Waals surface area contributed by atoms with E-state index in [9.17, 15) is 14.0 Å². The first kappa shape index (κ1) is 18.5. The molecule has 8 heteroatoms. The van der Waals surface area contributed by atoms with Gasteiger partial charge in [-0.15, -0.1) is 0 Å². The van der Waals surface area contributed by atoms with Crippen molar-refractivity contribution in [3.05, 3.63) is 65.7 Å². The van der Waals surface area contributed by atoms with Crippen LogP contribution in [0.3, 0.4) is 0 Å². The van der Waals surface area contributed by atoms with Crippen LogP contribution in [0.15, 0.2) is 53.9 Å². The van der Waals surface area contributed by atoms with Crippen molar-refractivity contribution in [1.82, 2.24) is 15.6 Å². The van der Waals surface area contributed by atoms with E-state index in [-0.39, 0.29) is 30.6 Å². The Morgan fingerprint density at radius 2 is 2.00 bits per heavy atom. The number of pyridine rings is 1. The molecule has 0 radical (unpaired) electrons. The van der Waals surface area contributed by atoms with Gasteiger partial charge in [-0.1, -0.05) is 23.4 Å². The molecule has 0 spiro atoms. The molecule has 1 aromatic heterocycles. The molecule has 3 rings (SSSR count). The van der Waals surface area contributed by atoms with Gasteiger partial charge in [-0.2, -0.15) is 0 Å². The van der Waals surface area contributed by atoms with Crippen LogP contribution in [0.4, 0.5) is 4.39 Å². The number of halogens is 1. The first-order valence-electron chi connectivity index (χ1n) is 8.54. The summed E-state index contributed by atoms with van der Waals surface area (Å²) in [5.74, 6) is -0.847. The Bertz CT molecular complexity index is 825. The van der Waals surface area contributed by atoms with E-state index in [1.54, 1.807) is 30.6 Å². The van der Waals surface area contributed by atoms with Crippen LogP contribution in [0.25, 0.3) is 0 Å². The normalized spacial score (nSPS) is 15.6. The number of carbonyl (C=O) groups is 2. The van der Waals surface area contributed by atoms with Crippen molar-refractivity contribution in [3.8, 4) is 0 Å². The zero-order chi connectivity index (χ0) is 19.1. The number of oxime groups is 1. The summed E-state index contributed by atoms with van der Waals surface area (Å²) in [4.78, 5) is 33.1. The summed E-state index contributed by atoms with van der Waals surface area (Å²) in [5.41, 5.74) is 2.20. The number of carbonyl (C=O) groups excluding carboxylic acids is 2.